The molecule has 1 nitrogen and oxygen atoms in total. The van der Waals surface area contributed by atoms with E-state index >= 15 is 0 Å². The summed E-state index contributed by atoms with van der Waals surface area (Å²) in [5.74, 6) is 0.654. The van der Waals surface area contributed by atoms with Crippen LogP contribution in [0.5, 0.6) is 0 Å². The molecule has 0 saturated heterocycles. The summed E-state index contributed by atoms with van der Waals surface area (Å²) in [4.78, 5) is 0. The summed E-state index contributed by atoms with van der Waals surface area (Å²) in [7, 11) is 0. The monoisotopic (exact) mass is 175 g/mol. The van der Waals surface area contributed by atoms with E-state index in [1.54, 1.807) is 0 Å². The largest absolute Gasteiger partial charge is 0.313 e. The van der Waals surface area contributed by atoms with E-state index in [1.807, 2.05) is 0 Å². The number of benzene rings is 1. The summed E-state index contributed by atoms with van der Waals surface area (Å²) < 4.78 is 0. The zero-order chi connectivity index (χ0) is 9.26. The lowest BCUT2D eigenvalue weighted by Crippen LogP contribution is -2.28. The molecule has 0 amide bonds. The fourth-order valence-electron chi connectivity index (χ4n) is 2.09. The van der Waals surface area contributed by atoms with Crippen LogP contribution in [0.4, 0.5) is 0 Å². The molecule has 2 atom stereocenters. The topological polar surface area (TPSA) is 12.0 Å². The van der Waals surface area contributed by atoms with Gasteiger partial charge in [0.15, 0.2) is 0 Å². The maximum atomic E-state index is 3.54. The predicted octanol–water partition coefficient (Wildman–Crippen LogP) is 2.32. The van der Waals surface area contributed by atoms with Gasteiger partial charge in [0.25, 0.3) is 0 Å². The SMILES string of the molecule is C[C@@H]1Cc2ccccc2[C@@H](C)CN1. The summed E-state index contributed by atoms with van der Waals surface area (Å²) in [5, 5.41) is 3.54. The minimum atomic E-state index is 0.617. The molecule has 0 radical (unpaired) electrons. The van der Waals surface area contributed by atoms with Crippen molar-refractivity contribution in [3.05, 3.63) is 35.4 Å². The van der Waals surface area contributed by atoms with E-state index in [9.17, 15) is 0 Å². The third kappa shape index (κ3) is 1.75. The lowest BCUT2D eigenvalue weighted by atomic mass is 9.95. The van der Waals surface area contributed by atoms with Crippen LogP contribution in [-0.2, 0) is 6.42 Å². The molecule has 1 aliphatic rings. The van der Waals surface area contributed by atoms with Gasteiger partial charge in [-0.25, -0.2) is 0 Å². The van der Waals surface area contributed by atoms with Crippen LogP contribution in [0.15, 0.2) is 24.3 Å². The lowest BCUT2D eigenvalue weighted by molar-refractivity contribution is 0.541. The molecule has 0 fully saturated rings. The molecular weight excluding hydrogens is 158 g/mol. The highest BCUT2D eigenvalue weighted by atomic mass is 14.9. The van der Waals surface area contributed by atoms with E-state index in [4.69, 9.17) is 0 Å². The van der Waals surface area contributed by atoms with Crippen molar-refractivity contribution in [2.75, 3.05) is 6.54 Å². The van der Waals surface area contributed by atoms with Gasteiger partial charge >= 0.3 is 0 Å². The van der Waals surface area contributed by atoms with Crippen molar-refractivity contribution in [1.82, 2.24) is 5.32 Å². The Morgan fingerprint density at radius 2 is 2.00 bits per heavy atom. The van der Waals surface area contributed by atoms with Crippen molar-refractivity contribution in [3.8, 4) is 0 Å². The van der Waals surface area contributed by atoms with Gasteiger partial charge in [0.05, 0.1) is 0 Å². The lowest BCUT2D eigenvalue weighted by Gasteiger charge is -2.11. The van der Waals surface area contributed by atoms with E-state index in [0.29, 0.717) is 12.0 Å². The van der Waals surface area contributed by atoms with E-state index in [2.05, 4.69) is 43.4 Å². The summed E-state index contributed by atoms with van der Waals surface area (Å²) in [6.07, 6.45) is 1.17. The number of hydrogen-bond donors (Lipinski definition) is 1. The molecule has 70 valence electrons. The minimum Gasteiger partial charge on any atom is -0.313 e. The van der Waals surface area contributed by atoms with Crippen LogP contribution < -0.4 is 5.32 Å². The van der Waals surface area contributed by atoms with E-state index in [0.717, 1.165) is 6.54 Å². The average molecular weight is 175 g/mol. The summed E-state index contributed by atoms with van der Waals surface area (Å²) in [6.45, 7) is 5.66. The summed E-state index contributed by atoms with van der Waals surface area (Å²) in [5.41, 5.74) is 3.05. The van der Waals surface area contributed by atoms with Crippen LogP contribution in [0, 0.1) is 0 Å². The second kappa shape index (κ2) is 3.51. The average Bonchev–Trinajstić information content (AvgIpc) is 2.27. The maximum absolute atomic E-state index is 3.54. The Kier molecular flexibility index (Phi) is 2.36. The molecule has 1 heterocycles. The van der Waals surface area contributed by atoms with Crippen molar-refractivity contribution < 1.29 is 0 Å². The first kappa shape index (κ1) is 8.76. The normalized spacial score (nSPS) is 27.8. The molecule has 2 rings (SSSR count). The van der Waals surface area contributed by atoms with Gasteiger partial charge in [-0.15, -0.1) is 0 Å². The molecule has 0 unspecified atom stereocenters. The zero-order valence-corrected chi connectivity index (χ0v) is 8.38. The quantitative estimate of drug-likeness (QED) is 0.638. The Morgan fingerprint density at radius 1 is 1.23 bits per heavy atom. The molecule has 1 aliphatic heterocycles. The molecule has 1 heteroatoms. The Morgan fingerprint density at radius 3 is 2.85 bits per heavy atom. The first-order chi connectivity index (χ1) is 6.27. The first-order valence-corrected chi connectivity index (χ1v) is 5.08. The molecular formula is C12H17N. The third-order valence-electron chi connectivity index (χ3n) is 2.88. The van der Waals surface area contributed by atoms with Gasteiger partial charge in [0.1, 0.15) is 0 Å². The smallest absolute Gasteiger partial charge is 0.00794 e. The van der Waals surface area contributed by atoms with Crippen LogP contribution in [0.25, 0.3) is 0 Å². The Labute approximate surface area is 80.2 Å². The van der Waals surface area contributed by atoms with Crippen molar-refractivity contribution >= 4 is 0 Å². The number of fused-ring (bicyclic) bond motifs is 1. The van der Waals surface area contributed by atoms with Crippen LogP contribution >= 0.6 is 0 Å². The fourth-order valence-corrected chi connectivity index (χ4v) is 2.09. The van der Waals surface area contributed by atoms with Gasteiger partial charge in [0.2, 0.25) is 0 Å². The van der Waals surface area contributed by atoms with Gasteiger partial charge in [0, 0.05) is 12.6 Å². The number of rotatable bonds is 0. The molecule has 1 N–H and O–H groups in total. The highest BCUT2D eigenvalue weighted by Crippen LogP contribution is 2.23. The molecule has 0 saturated carbocycles. The van der Waals surface area contributed by atoms with Crippen LogP contribution in [0.2, 0.25) is 0 Å². The van der Waals surface area contributed by atoms with E-state index in [-0.39, 0.29) is 0 Å². The van der Waals surface area contributed by atoms with Crippen LogP contribution in [0.1, 0.15) is 30.9 Å². The third-order valence-corrected chi connectivity index (χ3v) is 2.88. The Bertz CT molecular complexity index is 293. The van der Waals surface area contributed by atoms with Crippen LogP contribution in [-0.4, -0.2) is 12.6 Å². The molecule has 13 heavy (non-hydrogen) atoms. The molecule has 0 spiro atoms. The first-order valence-electron chi connectivity index (χ1n) is 5.08. The van der Waals surface area contributed by atoms with Gasteiger partial charge in [-0.1, -0.05) is 31.2 Å². The van der Waals surface area contributed by atoms with Gasteiger partial charge in [-0.2, -0.15) is 0 Å². The highest BCUT2D eigenvalue weighted by molar-refractivity contribution is 5.32. The van der Waals surface area contributed by atoms with Gasteiger partial charge < -0.3 is 5.32 Å². The Balaban J connectivity index is 2.38. The van der Waals surface area contributed by atoms with Crippen molar-refractivity contribution in [2.24, 2.45) is 0 Å². The molecule has 1 aromatic carbocycles. The highest BCUT2D eigenvalue weighted by Gasteiger charge is 2.16. The van der Waals surface area contributed by atoms with Gasteiger partial charge in [-0.05, 0) is 30.4 Å². The van der Waals surface area contributed by atoms with Gasteiger partial charge in [-0.3, -0.25) is 0 Å². The standard InChI is InChI=1S/C12H17N/c1-9-8-13-10(2)7-11-5-3-4-6-12(9)11/h3-6,9-10,13H,7-8H2,1-2H3/t9-,10+/m0/s1. The predicted molar refractivity (Wildman–Crippen MR) is 56.0 cm³/mol. The molecule has 0 bridgehead atoms. The van der Waals surface area contributed by atoms with Crippen molar-refractivity contribution in [2.45, 2.75) is 32.2 Å². The number of hydrogen-bond acceptors (Lipinski definition) is 1. The number of nitrogens with one attached hydrogen (secondary N) is 1. The molecule has 1 aromatic rings. The second-order valence-electron chi connectivity index (χ2n) is 4.11. The Hall–Kier alpha value is -0.820. The zero-order valence-electron chi connectivity index (χ0n) is 8.38. The van der Waals surface area contributed by atoms with E-state index in [1.165, 1.54) is 17.5 Å². The van der Waals surface area contributed by atoms with Crippen molar-refractivity contribution in [1.29, 1.82) is 0 Å². The second-order valence-corrected chi connectivity index (χ2v) is 4.11. The fraction of sp³-hybridized carbons (Fsp3) is 0.500. The van der Waals surface area contributed by atoms with Crippen LogP contribution in [0.3, 0.4) is 0 Å². The molecule has 0 aromatic heterocycles. The summed E-state index contributed by atoms with van der Waals surface area (Å²) >= 11 is 0. The summed E-state index contributed by atoms with van der Waals surface area (Å²) in [6, 6.07) is 9.43. The minimum absolute atomic E-state index is 0.617. The van der Waals surface area contributed by atoms with E-state index < -0.39 is 0 Å². The van der Waals surface area contributed by atoms with Crippen molar-refractivity contribution in [3.63, 3.8) is 0 Å². The molecule has 0 aliphatic carbocycles. The maximum Gasteiger partial charge on any atom is 0.00794 e.